The molecular weight excluding hydrogens is 438 g/mol. The molecule has 3 aromatic carbocycles. The van der Waals surface area contributed by atoms with E-state index in [1.54, 1.807) is 5.48 Å². The molecule has 5 heteroatoms. The van der Waals surface area contributed by atoms with Gasteiger partial charge in [-0.1, -0.05) is 92.7 Å². The number of hydrogen-bond acceptors (Lipinski definition) is 4. The number of carbonyl (C=O) groups is 2. The molecule has 1 atom stereocenters. The molecule has 0 radical (unpaired) electrons. The molecule has 0 aliphatic rings. The van der Waals surface area contributed by atoms with Crippen LogP contribution in [0.5, 0.6) is 5.75 Å². The van der Waals surface area contributed by atoms with Gasteiger partial charge in [-0.2, -0.15) is 0 Å². The van der Waals surface area contributed by atoms with Crippen molar-refractivity contribution < 1.29 is 19.5 Å². The molecule has 0 heterocycles. The van der Waals surface area contributed by atoms with Crippen molar-refractivity contribution in [3.63, 3.8) is 0 Å². The van der Waals surface area contributed by atoms with Crippen molar-refractivity contribution in [2.24, 2.45) is 0 Å². The van der Waals surface area contributed by atoms with Crippen LogP contribution in [0.3, 0.4) is 0 Å². The molecule has 3 aromatic rings. The van der Waals surface area contributed by atoms with Crippen LogP contribution in [-0.4, -0.2) is 17.9 Å². The normalized spacial score (nSPS) is 10.9. The molecule has 3 rings (SSSR count). The minimum atomic E-state index is -0.381. The van der Waals surface area contributed by atoms with Gasteiger partial charge >= 0.3 is 0 Å². The second-order valence-corrected chi connectivity index (χ2v) is 7.53. The summed E-state index contributed by atoms with van der Waals surface area (Å²) in [5, 5.41) is 9.07. The summed E-state index contributed by atoms with van der Waals surface area (Å²) in [6.07, 6.45) is 5.87. The second-order valence-electron chi connectivity index (χ2n) is 7.53. The van der Waals surface area contributed by atoms with E-state index in [9.17, 15) is 4.79 Å². The Morgan fingerprint density at radius 3 is 2.20 bits per heavy atom. The summed E-state index contributed by atoms with van der Waals surface area (Å²) in [5.41, 5.74) is 6.35. The van der Waals surface area contributed by atoms with Gasteiger partial charge in [0.15, 0.2) is 0 Å². The molecule has 1 amide bonds. The molecule has 0 saturated carbocycles. The van der Waals surface area contributed by atoms with Crippen LogP contribution < -0.4 is 10.2 Å². The number of ether oxygens (including phenoxy) is 1. The van der Waals surface area contributed by atoms with Gasteiger partial charge in [0, 0.05) is 6.42 Å². The number of carbonyl (C=O) groups excluding carboxylic acids is 2. The maximum Gasteiger partial charge on any atom is 0.243 e. The smallest absolute Gasteiger partial charge is 0.243 e. The highest BCUT2D eigenvalue weighted by atomic mass is 16.5. The maximum atomic E-state index is 12.0. The molecule has 5 nitrogen and oxygen atoms in total. The van der Waals surface area contributed by atoms with Gasteiger partial charge in [0.25, 0.3) is 0 Å². The van der Waals surface area contributed by atoms with E-state index in [0.717, 1.165) is 28.9 Å². The van der Waals surface area contributed by atoms with E-state index in [1.807, 2.05) is 100 Å². The lowest BCUT2D eigenvalue weighted by Crippen LogP contribution is -2.22. The summed E-state index contributed by atoms with van der Waals surface area (Å²) in [5.74, 6) is 0.393. The zero-order valence-electron chi connectivity index (χ0n) is 20.9. The Balaban J connectivity index is 0.00000145. The first-order valence-corrected chi connectivity index (χ1v) is 11.9. The van der Waals surface area contributed by atoms with Gasteiger partial charge in [-0.15, -0.1) is 0 Å². The van der Waals surface area contributed by atoms with Gasteiger partial charge in [0.05, 0.1) is 0 Å². The van der Waals surface area contributed by atoms with E-state index in [0.29, 0.717) is 13.0 Å². The zero-order chi connectivity index (χ0) is 25.9. The highest BCUT2D eigenvalue weighted by Gasteiger charge is 2.19. The summed E-state index contributed by atoms with van der Waals surface area (Å²) in [6.45, 7) is 8.53. The van der Waals surface area contributed by atoms with Crippen molar-refractivity contribution >= 4 is 12.7 Å². The standard InChI is InChI=1S/C27H29NO3.C2H6.CH2O/c1-2-3-11-23-12-7-8-13-26(23)24(19-27(29)28-30)18-21-14-16-25(17-15-21)31-20-22-9-5-4-6-10-22;2*1-2/h2-10,12-17,24,30H,11,18-20H2,1H3,(H,28,29);1-2H3;1H2/b3-2+;;. The van der Waals surface area contributed by atoms with Crippen LogP contribution in [0.1, 0.15) is 55.4 Å². The number of hydroxylamine groups is 1. The van der Waals surface area contributed by atoms with Gasteiger partial charge < -0.3 is 9.53 Å². The summed E-state index contributed by atoms with van der Waals surface area (Å²) in [7, 11) is 0. The van der Waals surface area contributed by atoms with E-state index in [2.05, 4.69) is 18.2 Å². The number of allylic oxidation sites excluding steroid dienone is 2. The van der Waals surface area contributed by atoms with Crippen LogP contribution in [0.25, 0.3) is 0 Å². The SMILES string of the molecule is C/C=C/Cc1ccccc1C(CC(=O)NO)Cc1ccc(OCc2ccccc2)cc1.C=O.CC. The van der Waals surface area contributed by atoms with Crippen LogP contribution in [-0.2, 0) is 29.0 Å². The van der Waals surface area contributed by atoms with Gasteiger partial charge in [-0.25, -0.2) is 5.48 Å². The number of hydrogen-bond donors (Lipinski definition) is 2. The largest absolute Gasteiger partial charge is 0.489 e. The number of rotatable bonds is 10. The van der Waals surface area contributed by atoms with Crippen molar-refractivity contribution in [1.82, 2.24) is 5.48 Å². The summed E-state index contributed by atoms with van der Waals surface area (Å²) < 4.78 is 5.88. The lowest BCUT2D eigenvalue weighted by molar-refractivity contribution is -0.129. The molecular formula is C30H37NO4. The summed E-state index contributed by atoms with van der Waals surface area (Å²) >= 11 is 0. The Morgan fingerprint density at radius 1 is 0.943 bits per heavy atom. The predicted octanol–water partition coefficient (Wildman–Crippen LogP) is 6.45. The zero-order valence-corrected chi connectivity index (χ0v) is 20.9. The quantitative estimate of drug-likeness (QED) is 0.201. The monoisotopic (exact) mass is 475 g/mol. The van der Waals surface area contributed by atoms with Crippen molar-refractivity contribution in [1.29, 1.82) is 0 Å². The molecule has 0 aliphatic heterocycles. The highest BCUT2D eigenvalue weighted by Crippen LogP contribution is 2.29. The van der Waals surface area contributed by atoms with Gasteiger partial charge in [0.1, 0.15) is 19.1 Å². The van der Waals surface area contributed by atoms with Crippen molar-refractivity contribution in [3.05, 3.63) is 113 Å². The number of amides is 1. The molecule has 0 aliphatic carbocycles. The first kappa shape index (κ1) is 29.3. The topological polar surface area (TPSA) is 75.6 Å². The molecule has 186 valence electrons. The van der Waals surface area contributed by atoms with E-state index in [1.165, 1.54) is 5.56 Å². The fourth-order valence-corrected chi connectivity index (χ4v) is 3.67. The van der Waals surface area contributed by atoms with E-state index < -0.39 is 0 Å². The molecule has 0 aromatic heterocycles. The third-order valence-corrected chi connectivity index (χ3v) is 5.28. The highest BCUT2D eigenvalue weighted by molar-refractivity contribution is 5.75. The van der Waals surface area contributed by atoms with E-state index in [-0.39, 0.29) is 18.2 Å². The van der Waals surface area contributed by atoms with Crippen LogP contribution in [0.4, 0.5) is 0 Å². The molecule has 0 saturated heterocycles. The third kappa shape index (κ3) is 10.4. The first-order valence-electron chi connectivity index (χ1n) is 11.9. The molecule has 1 unspecified atom stereocenters. The number of nitrogens with one attached hydrogen (secondary N) is 1. The average molecular weight is 476 g/mol. The Labute approximate surface area is 209 Å². The van der Waals surface area contributed by atoms with Crippen molar-refractivity contribution in [2.75, 3.05) is 0 Å². The fraction of sp³-hybridized carbons (Fsp3) is 0.267. The van der Waals surface area contributed by atoms with Gasteiger partial charge in [0.2, 0.25) is 5.91 Å². The van der Waals surface area contributed by atoms with Gasteiger partial charge in [-0.05, 0) is 60.1 Å². The number of benzene rings is 3. The molecule has 35 heavy (non-hydrogen) atoms. The van der Waals surface area contributed by atoms with Crippen LogP contribution in [0.2, 0.25) is 0 Å². The van der Waals surface area contributed by atoms with Crippen LogP contribution in [0.15, 0.2) is 91.0 Å². The Hall–Kier alpha value is -3.70. The summed E-state index contributed by atoms with van der Waals surface area (Å²) in [6, 6.07) is 26.3. The minimum absolute atomic E-state index is 0.0373. The fourth-order valence-electron chi connectivity index (χ4n) is 3.67. The first-order chi connectivity index (χ1) is 17.2. The second kappa shape index (κ2) is 17.7. The van der Waals surface area contributed by atoms with Crippen LogP contribution >= 0.6 is 0 Å². The van der Waals surface area contributed by atoms with Crippen LogP contribution in [0, 0.1) is 0 Å². The minimum Gasteiger partial charge on any atom is -0.489 e. The lowest BCUT2D eigenvalue weighted by Gasteiger charge is -2.20. The average Bonchev–Trinajstić information content (AvgIpc) is 2.94. The van der Waals surface area contributed by atoms with Gasteiger partial charge in [-0.3, -0.25) is 10.0 Å². The molecule has 0 spiro atoms. The molecule has 0 bridgehead atoms. The maximum absolute atomic E-state index is 12.0. The lowest BCUT2D eigenvalue weighted by atomic mass is 9.85. The van der Waals surface area contributed by atoms with Crippen molar-refractivity contribution in [2.45, 2.75) is 52.6 Å². The van der Waals surface area contributed by atoms with E-state index in [4.69, 9.17) is 14.7 Å². The molecule has 2 N–H and O–H groups in total. The van der Waals surface area contributed by atoms with Crippen molar-refractivity contribution in [3.8, 4) is 5.75 Å². The summed E-state index contributed by atoms with van der Waals surface area (Å²) in [4.78, 5) is 20.0. The molecule has 0 fully saturated rings. The Morgan fingerprint density at radius 2 is 1.57 bits per heavy atom. The Kier molecular flexibility index (Phi) is 14.9. The van der Waals surface area contributed by atoms with E-state index >= 15 is 0 Å². The Bertz CT molecular complexity index is 1000. The third-order valence-electron chi connectivity index (χ3n) is 5.28. The predicted molar refractivity (Wildman–Crippen MR) is 142 cm³/mol.